The number of rotatable bonds is 6. The smallest absolute Gasteiger partial charge is 0.338 e. The van der Waals surface area contributed by atoms with E-state index in [2.05, 4.69) is 0 Å². The van der Waals surface area contributed by atoms with Crippen molar-refractivity contribution < 1.29 is 14.3 Å². The van der Waals surface area contributed by atoms with E-state index in [4.69, 9.17) is 39.5 Å². The number of hydrogen-bond donors (Lipinski definition) is 0. The van der Waals surface area contributed by atoms with Crippen molar-refractivity contribution in [2.24, 2.45) is 0 Å². The molecule has 0 aliphatic carbocycles. The van der Waals surface area contributed by atoms with Crippen LogP contribution in [0.4, 0.5) is 5.69 Å². The van der Waals surface area contributed by atoms with Crippen LogP contribution in [-0.2, 0) is 11.3 Å². The summed E-state index contributed by atoms with van der Waals surface area (Å²) in [5, 5.41) is 2.12. The summed E-state index contributed by atoms with van der Waals surface area (Å²) in [4.78, 5) is 27.8. The fourth-order valence-electron chi connectivity index (χ4n) is 3.39. The molecule has 1 aromatic heterocycles. The Hall–Kier alpha value is -2.57. The second-order valence-electron chi connectivity index (χ2n) is 7.10. The number of fused-ring (bicyclic) bond motifs is 1. The molecule has 0 saturated carbocycles. The zero-order valence-corrected chi connectivity index (χ0v) is 20.6. The maximum absolute atomic E-state index is 13.8. The molecule has 4 aromatic rings. The van der Waals surface area contributed by atoms with Gasteiger partial charge in [-0.05, 0) is 49.4 Å². The molecule has 8 heteroatoms. The third kappa shape index (κ3) is 4.87. The highest BCUT2D eigenvalue weighted by Gasteiger charge is 2.25. The minimum absolute atomic E-state index is 0.126. The molecule has 0 spiro atoms. The lowest BCUT2D eigenvalue weighted by atomic mass is 10.1. The summed E-state index contributed by atoms with van der Waals surface area (Å²) < 4.78 is 5.97. The van der Waals surface area contributed by atoms with Crippen LogP contribution in [0, 0.1) is 0 Å². The van der Waals surface area contributed by atoms with Gasteiger partial charge in [-0.15, -0.1) is 11.3 Å². The number of carbonyl (C=O) groups excluding carboxylic acids is 2. The summed E-state index contributed by atoms with van der Waals surface area (Å²) in [7, 11) is 0. The van der Waals surface area contributed by atoms with Gasteiger partial charge >= 0.3 is 5.97 Å². The number of benzene rings is 3. The Morgan fingerprint density at radius 1 is 0.909 bits per heavy atom. The second kappa shape index (κ2) is 10.1. The molecule has 4 rings (SSSR count). The number of carbonyl (C=O) groups is 2. The van der Waals surface area contributed by atoms with E-state index in [1.54, 1.807) is 54.3 Å². The van der Waals surface area contributed by atoms with Crippen LogP contribution >= 0.6 is 46.1 Å². The molecule has 1 heterocycles. The van der Waals surface area contributed by atoms with Crippen LogP contribution in [0.15, 0.2) is 66.7 Å². The van der Waals surface area contributed by atoms with Crippen molar-refractivity contribution in [3.05, 3.63) is 97.8 Å². The lowest BCUT2D eigenvalue weighted by Gasteiger charge is -2.24. The van der Waals surface area contributed by atoms with E-state index < -0.39 is 5.97 Å². The Bertz CT molecular complexity index is 1310. The molecule has 1 amide bonds. The van der Waals surface area contributed by atoms with Crippen LogP contribution in [0.5, 0.6) is 0 Å². The highest BCUT2D eigenvalue weighted by atomic mass is 35.5. The molecular formula is C25H18Cl3NO3S. The maximum Gasteiger partial charge on any atom is 0.338 e. The van der Waals surface area contributed by atoms with Gasteiger partial charge in [0, 0.05) is 31.4 Å². The predicted octanol–water partition coefficient (Wildman–Crippen LogP) is 7.89. The van der Waals surface area contributed by atoms with E-state index >= 15 is 0 Å². The predicted molar refractivity (Wildman–Crippen MR) is 136 cm³/mol. The van der Waals surface area contributed by atoms with Crippen LogP contribution in [0.1, 0.15) is 32.5 Å². The van der Waals surface area contributed by atoms with E-state index in [1.807, 2.05) is 24.3 Å². The van der Waals surface area contributed by atoms with Gasteiger partial charge in [-0.3, -0.25) is 4.79 Å². The Morgan fingerprint density at radius 3 is 2.21 bits per heavy atom. The van der Waals surface area contributed by atoms with E-state index in [0.717, 1.165) is 10.1 Å². The number of thiophene rings is 1. The minimum Gasteiger partial charge on any atom is -0.462 e. The number of esters is 1. The summed E-state index contributed by atoms with van der Waals surface area (Å²) >= 11 is 20.7. The van der Waals surface area contributed by atoms with Crippen molar-refractivity contribution in [2.75, 3.05) is 11.5 Å². The van der Waals surface area contributed by atoms with Gasteiger partial charge in [-0.2, -0.15) is 0 Å². The first-order valence-corrected chi connectivity index (χ1v) is 12.0. The van der Waals surface area contributed by atoms with Crippen molar-refractivity contribution in [1.29, 1.82) is 0 Å². The van der Waals surface area contributed by atoms with E-state index in [1.165, 1.54) is 11.3 Å². The van der Waals surface area contributed by atoms with Gasteiger partial charge in [-0.25, -0.2) is 4.79 Å². The molecule has 0 bridgehead atoms. The third-order valence-corrected chi connectivity index (χ3v) is 7.41. The van der Waals surface area contributed by atoms with Gasteiger partial charge in [0.25, 0.3) is 5.91 Å². The Balaban J connectivity index is 1.77. The Kier molecular flexibility index (Phi) is 7.25. The first-order valence-electron chi connectivity index (χ1n) is 10.1. The number of hydrogen-bond acceptors (Lipinski definition) is 4. The average molecular weight is 519 g/mol. The Morgan fingerprint density at radius 2 is 1.58 bits per heavy atom. The van der Waals surface area contributed by atoms with Crippen molar-refractivity contribution in [3.8, 4) is 0 Å². The quantitative estimate of drug-likeness (QED) is 0.244. The van der Waals surface area contributed by atoms with E-state index in [0.29, 0.717) is 36.8 Å². The molecule has 0 aliphatic heterocycles. The molecular weight excluding hydrogens is 501 g/mol. The standard InChI is InChI=1S/C25H18Cl3NO3S/c1-2-32-25(31)15-10-12-16(13-11-15)29(14-18-19(26)7-5-8-20(18)27)24(30)23-22(28)17-6-3-4-9-21(17)33-23/h3-13H,2,14H2,1H3. The maximum atomic E-state index is 13.8. The van der Waals surface area contributed by atoms with Gasteiger partial charge in [0.2, 0.25) is 0 Å². The van der Waals surface area contributed by atoms with E-state index in [9.17, 15) is 9.59 Å². The normalized spacial score (nSPS) is 10.9. The lowest BCUT2D eigenvalue weighted by molar-refractivity contribution is 0.0526. The highest BCUT2D eigenvalue weighted by Crippen LogP contribution is 2.37. The molecule has 0 radical (unpaired) electrons. The molecule has 0 unspecified atom stereocenters. The molecule has 33 heavy (non-hydrogen) atoms. The molecule has 0 fully saturated rings. The lowest BCUT2D eigenvalue weighted by Crippen LogP contribution is -2.30. The average Bonchev–Trinajstić information content (AvgIpc) is 3.15. The van der Waals surface area contributed by atoms with Gasteiger partial charge in [0.15, 0.2) is 0 Å². The van der Waals surface area contributed by atoms with Gasteiger partial charge in [-0.1, -0.05) is 59.1 Å². The van der Waals surface area contributed by atoms with E-state index in [-0.39, 0.29) is 19.1 Å². The first-order chi connectivity index (χ1) is 15.9. The highest BCUT2D eigenvalue weighted by molar-refractivity contribution is 7.21. The molecule has 0 atom stereocenters. The Labute approximate surface area is 210 Å². The molecule has 4 nitrogen and oxygen atoms in total. The summed E-state index contributed by atoms with van der Waals surface area (Å²) in [6.45, 7) is 2.15. The van der Waals surface area contributed by atoms with Crippen molar-refractivity contribution in [2.45, 2.75) is 13.5 Å². The van der Waals surface area contributed by atoms with Crippen molar-refractivity contribution >= 4 is 73.8 Å². The fraction of sp³-hybridized carbons (Fsp3) is 0.120. The van der Waals surface area contributed by atoms with Crippen LogP contribution < -0.4 is 4.90 Å². The molecule has 0 saturated heterocycles. The van der Waals surface area contributed by atoms with Crippen LogP contribution in [-0.4, -0.2) is 18.5 Å². The topological polar surface area (TPSA) is 46.6 Å². The summed E-state index contributed by atoms with van der Waals surface area (Å²) in [6, 6.07) is 19.4. The van der Waals surface area contributed by atoms with Crippen molar-refractivity contribution in [1.82, 2.24) is 0 Å². The monoisotopic (exact) mass is 517 g/mol. The van der Waals surface area contributed by atoms with Gasteiger partial charge < -0.3 is 9.64 Å². The first kappa shape index (κ1) is 23.6. The summed E-state index contributed by atoms with van der Waals surface area (Å²) in [5.41, 5.74) is 1.57. The SMILES string of the molecule is CCOC(=O)c1ccc(N(Cc2c(Cl)cccc2Cl)C(=O)c2sc3ccccc3c2Cl)cc1. The number of ether oxygens (including phenoxy) is 1. The summed E-state index contributed by atoms with van der Waals surface area (Å²) in [6.07, 6.45) is 0. The molecule has 0 aliphatic rings. The molecule has 0 N–H and O–H groups in total. The van der Waals surface area contributed by atoms with Gasteiger partial charge in [0.1, 0.15) is 4.88 Å². The third-order valence-electron chi connectivity index (χ3n) is 5.04. The second-order valence-corrected chi connectivity index (χ2v) is 9.34. The van der Waals surface area contributed by atoms with Gasteiger partial charge in [0.05, 0.1) is 23.7 Å². The van der Waals surface area contributed by atoms with Crippen LogP contribution in [0.2, 0.25) is 15.1 Å². The number of amides is 1. The van der Waals surface area contributed by atoms with Crippen LogP contribution in [0.25, 0.3) is 10.1 Å². The molecule has 3 aromatic carbocycles. The largest absolute Gasteiger partial charge is 0.462 e. The number of nitrogens with zero attached hydrogens (tertiary/aromatic N) is 1. The zero-order chi connectivity index (χ0) is 23.5. The van der Waals surface area contributed by atoms with Crippen LogP contribution in [0.3, 0.4) is 0 Å². The number of halogens is 3. The van der Waals surface area contributed by atoms with Crippen molar-refractivity contribution in [3.63, 3.8) is 0 Å². The summed E-state index contributed by atoms with van der Waals surface area (Å²) in [5.74, 6) is -0.718. The number of anilines is 1. The minimum atomic E-state index is -0.427. The fourth-order valence-corrected chi connectivity index (χ4v) is 5.37. The zero-order valence-electron chi connectivity index (χ0n) is 17.5. The molecule has 168 valence electrons.